The van der Waals surface area contributed by atoms with Crippen LogP contribution in [-0.4, -0.2) is 30.7 Å². The summed E-state index contributed by atoms with van der Waals surface area (Å²) in [6.07, 6.45) is -3.82. The first kappa shape index (κ1) is 17.6. The fourth-order valence-electron chi connectivity index (χ4n) is 1.89. The van der Waals surface area contributed by atoms with E-state index in [4.69, 9.17) is 28.9 Å². The first-order valence-electron chi connectivity index (χ1n) is 6.23. The molecule has 7 heteroatoms. The summed E-state index contributed by atoms with van der Waals surface area (Å²) in [5.74, 6) is 0. The second-order valence-electron chi connectivity index (χ2n) is 4.52. The Balaban J connectivity index is 2.62. The van der Waals surface area contributed by atoms with Gasteiger partial charge in [-0.3, -0.25) is 4.90 Å². The zero-order chi connectivity index (χ0) is 15.3. The molecule has 0 saturated heterocycles. The van der Waals surface area contributed by atoms with E-state index in [1.165, 1.54) is 4.90 Å². The van der Waals surface area contributed by atoms with E-state index in [-0.39, 0.29) is 6.54 Å². The number of hydrogen-bond donors (Lipinski definition) is 1. The van der Waals surface area contributed by atoms with Gasteiger partial charge in [-0.15, -0.1) is 0 Å². The Hall–Kier alpha value is -0.490. The highest BCUT2D eigenvalue weighted by molar-refractivity contribution is 6.42. The molecule has 0 radical (unpaired) electrons. The Labute approximate surface area is 126 Å². The third kappa shape index (κ3) is 5.48. The highest BCUT2D eigenvalue weighted by Gasteiger charge is 2.30. The van der Waals surface area contributed by atoms with Crippen molar-refractivity contribution in [2.24, 2.45) is 5.73 Å². The first-order valence-corrected chi connectivity index (χ1v) is 6.98. The quantitative estimate of drug-likeness (QED) is 0.845. The highest BCUT2D eigenvalue weighted by Crippen LogP contribution is 2.30. The molecule has 1 rings (SSSR count). The molecule has 0 heterocycles. The average molecular weight is 329 g/mol. The van der Waals surface area contributed by atoms with Gasteiger partial charge in [0.2, 0.25) is 0 Å². The smallest absolute Gasteiger partial charge is 0.324 e. The van der Waals surface area contributed by atoms with E-state index in [1.54, 1.807) is 25.1 Å². The minimum atomic E-state index is -4.20. The molecule has 114 valence electrons. The molecule has 1 aromatic rings. The van der Waals surface area contributed by atoms with E-state index in [0.29, 0.717) is 28.6 Å². The summed E-state index contributed by atoms with van der Waals surface area (Å²) in [4.78, 5) is 1.30. The van der Waals surface area contributed by atoms with Crippen LogP contribution < -0.4 is 5.73 Å². The van der Waals surface area contributed by atoms with Crippen molar-refractivity contribution in [2.75, 3.05) is 19.6 Å². The van der Waals surface area contributed by atoms with Gasteiger partial charge in [0.1, 0.15) is 0 Å². The maximum Gasteiger partial charge on any atom is 0.401 e. The van der Waals surface area contributed by atoms with E-state index < -0.39 is 18.8 Å². The van der Waals surface area contributed by atoms with Gasteiger partial charge in [-0.1, -0.05) is 42.3 Å². The monoisotopic (exact) mass is 328 g/mol. The average Bonchev–Trinajstić information content (AvgIpc) is 2.36. The second kappa shape index (κ2) is 7.50. The maximum absolute atomic E-state index is 12.3. The van der Waals surface area contributed by atoms with E-state index in [9.17, 15) is 13.2 Å². The summed E-state index contributed by atoms with van der Waals surface area (Å²) < 4.78 is 37.0. The summed E-state index contributed by atoms with van der Waals surface area (Å²) in [5.41, 5.74) is 6.64. The number of benzene rings is 1. The lowest BCUT2D eigenvalue weighted by atomic mass is 10.0. The molecule has 0 amide bonds. The van der Waals surface area contributed by atoms with Crippen LogP contribution in [-0.2, 0) is 0 Å². The number of hydrogen-bond acceptors (Lipinski definition) is 2. The molecule has 0 aromatic heterocycles. The Bertz CT molecular complexity index is 438. The fraction of sp³-hybridized carbons (Fsp3) is 0.538. The Morgan fingerprint density at radius 2 is 1.95 bits per heavy atom. The molecule has 0 bridgehead atoms. The van der Waals surface area contributed by atoms with Gasteiger partial charge in [0.15, 0.2) is 0 Å². The number of rotatable bonds is 6. The summed E-state index contributed by atoms with van der Waals surface area (Å²) >= 11 is 11.9. The molecule has 0 aliphatic rings. The van der Waals surface area contributed by atoms with Crippen LogP contribution in [0.3, 0.4) is 0 Å². The number of halogens is 5. The van der Waals surface area contributed by atoms with Crippen molar-refractivity contribution in [2.45, 2.75) is 25.6 Å². The third-order valence-electron chi connectivity index (χ3n) is 2.99. The van der Waals surface area contributed by atoms with Crippen LogP contribution in [0.25, 0.3) is 0 Å². The van der Waals surface area contributed by atoms with Crippen LogP contribution in [0.2, 0.25) is 10.0 Å². The molecular weight excluding hydrogens is 312 g/mol. The lowest BCUT2D eigenvalue weighted by Gasteiger charge is -2.24. The van der Waals surface area contributed by atoms with Gasteiger partial charge in [0.05, 0.1) is 16.6 Å². The SMILES string of the molecule is CCN(CCC(N)c1cccc(Cl)c1Cl)CC(F)(F)F. The molecule has 0 fully saturated rings. The molecule has 20 heavy (non-hydrogen) atoms. The van der Waals surface area contributed by atoms with E-state index in [2.05, 4.69) is 0 Å². The standard InChI is InChI=1S/C13H17Cl2F3N2/c1-2-20(8-13(16,17)18)7-6-11(19)9-4-3-5-10(14)12(9)15/h3-5,11H,2,6-8,19H2,1H3. The zero-order valence-electron chi connectivity index (χ0n) is 11.1. The zero-order valence-corrected chi connectivity index (χ0v) is 12.6. The minimum absolute atomic E-state index is 0.250. The van der Waals surface area contributed by atoms with Crippen LogP contribution in [0.1, 0.15) is 24.9 Å². The lowest BCUT2D eigenvalue weighted by molar-refractivity contribution is -0.145. The van der Waals surface area contributed by atoms with Crippen LogP contribution in [0, 0.1) is 0 Å². The molecule has 1 atom stereocenters. The molecule has 2 N–H and O–H groups in total. The molecule has 0 spiro atoms. The van der Waals surface area contributed by atoms with Gasteiger partial charge in [0.25, 0.3) is 0 Å². The van der Waals surface area contributed by atoms with Gasteiger partial charge in [-0.2, -0.15) is 13.2 Å². The van der Waals surface area contributed by atoms with E-state index in [1.807, 2.05) is 0 Å². The van der Waals surface area contributed by atoms with Crippen molar-refractivity contribution in [1.82, 2.24) is 4.90 Å². The van der Waals surface area contributed by atoms with Crippen molar-refractivity contribution in [3.05, 3.63) is 33.8 Å². The predicted molar refractivity (Wildman–Crippen MR) is 76.2 cm³/mol. The van der Waals surface area contributed by atoms with Crippen LogP contribution in [0.5, 0.6) is 0 Å². The molecule has 0 saturated carbocycles. The summed E-state index contributed by atoms with van der Waals surface area (Å²) in [7, 11) is 0. The Morgan fingerprint density at radius 1 is 1.30 bits per heavy atom. The van der Waals surface area contributed by atoms with Gasteiger partial charge in [0, 0.05) is 12.6 Å². The Kier molecular flexibility index (Phi) is 6.58. The fourth-order valence-corrected chi connectivity index (χ4v) is 2.33. The maximum atomic E-state index is 12.3. The molecule has 1 aromatic carbocycles. The Morgan fingerprint density at radius 3 is 2.50 bits per heavy atom. The molecular formula is C13H17Cl2F3N2. The predicted octanol–water partition coefficient (Wildman–Crippen LogP) is 4.27. The topological polar surface area (TPSA) is 29.3 Å². The van der Waals surface area contributed by atoms with Crippen molar-refractivity contribution < 1.29 is 13.2 Å². The van der Waals surface area contributed by atoms with Gasteiger partial charge >= 0.3 is 6.18 Å². The summed E-state index contributed by atoms with van der Waals surface area (Å²) in [5, 5.41) is 0.753. The number of alkyl halides is 3. The van der Waals surface area contributed by atoms with Crippen LogP contribution in [0.15, 0.2) is 18.2 Å². The van der Waals surface area contributed by atoms with E-state index in [0.717, 1.165) is 0 Å². The van der Waals surface area contributed by atoms with Crippen molar-refractivity contribution in [1.29, 1.82) is 0 Å². The lowest BCUT2D eigenvalue weighted by Crippen LogP contribution is -2.35. The normalized spacial score (nSPS) is 13.8. The van der Waals surface area contributed by atoms with Crippen LogP contribution >= 0.6 is 23.2 Å². The van der Waals surface area contributed by atoms with Crippen molar-refractivity contribution in [3.8, 4) is 0 Å². The van der Waals surface area contributed by atoms with Crippen molar-refractivity contribution in [3.63, 3.8) is 0 Å². The molecule has 2 nitrogen and oxygen atoms in total. The highest BCUT2D eigenvalue weighted by atomic mass is 35.5. The number of nitrogens with two attached hydrogens (primary N) is 1. The molecule has 0 aliphatic heterocycles. The summed E-state index contributed by atoms with van der Waals surface area (Å²) in [6, 6.07) is 4.65. The van der Waals surface area contributed by atoms with E-state index >= 15 is 0 Å². The molecule has 1 unspecified atom stereocenters. The van der Waals surface area contributed by atoms with Crippen LogP contribution in [0.4, 0.5) is 13.2 Å². The third-order valence-corrected chi connectivity index (χ3v) is 3.82. The summed E-state index contributed by atoms with van der Waals surface area (Å²) in [6.45, 7) is 1.32. The van der Waals surface area contributed by atoms with Gasteiger partial charge in [-0.25, -0.2) is 0 Å². The number of nitrogens with zero attached hydrogens (tertiary/aromatic N) is 1. The van der Waals surface area contributed by atoms with Crippen molar-refractivity contribution >= 4 is 23.2 Å². The first-order chi connectivity index (χ1) is 9.24. The van der Waals surface area contributed by atoms with Gasteiger partial charge < -0.3 is 5.73 Å². The van der Waals surface area contributed by atoms with Gasteiger partial charge in [-0.05, 0) is 24.6 Å². The minimum Gasteiger partial charge on any atom is -0.324 e. The second-order valence-corrected chi connectivity index (χ2v) is 5.31. The largest absolute Gasteiger partial charge is 0.401 e. The molecule has 0 aliphatic carbocycles.